The van der Waals surface area contributed by atoms with Gasteiger partial charge in [0.05, 0.1) is 5.10 Å². The van der Waals surface area contributed by atoms with Crippen LogP contribution in [-0.4, -0.2) is 20.5 Å². The Hall–Kier alpha value is -1.34. The smallest absolute Gasteiger partial charge is 0.314 e. The standard InChI is InChI=1S/C5H10N4O3/c1-2-5(10,11)3-4(6)7-8-9(3)12/h8,10-11H,2H2,1H3,(H2,6,7). The van der Waals surface area contributed by atoms with Crippen LogP contribution in [0.2, 0.25) is 0 Å². The second-order valence-electron chi connectivity index (χ2n) is 2.41. The molecule has 0 unspecified atom stereocenters. The molecule has 0 atom stereocenters. The fraction of sp³-hybridized carbons (Fsp3) is 0.600. The number of aromatic amines is 1. The molecule has 0 saturated heterocycles. The highest BCUT2D eigenvalue weighted by molar-refractivity contribution is 5.31. The first-order valence-electron chi connectivity index (χ1n) is 3.37. The van der Waals surface area contributed by atoms with Crippen LogP contribution in [0.15, 0.2) is 0 Å². The summed E-state index contributed by atoms with van der Waals surface area (Å²) in [6, 6.07) is 0. The maximum atomic E-state index is 10.8. The van der Waals surface area contributed by atoms with Crippen LogP contribution in [0.5, 0.6) is 0 Å². The summed E-state index contributed by atoms with van der Waals surface area (Å²) in [6.07, 6.45) is -0.0427. The van der Waals surface area contributed by atoms with Crippen LogP contribution >= 0.6 is 0 Å². The molecule has 0 aliphatic rings. The number of anilines is 1. The Balaban J connectivity index is 3.17. The molecule has 68 valence electrons. The SMILES string of the molecule is CCC(O)(O)c1c(N)n[nH][n+]1[O-]. The normalized spacial score (nSPS) is 11.9. The second kappa shape index (κ2) is 2.61. The number of nitrogen functional groups attached to an aromatic ring is 1. The van der Waals surface area contributed by atoms with Crippen LogP contribution in [0.4, 0.5) is 5.82 Å². The number of nitrogens with zero attached hydrogens (tertiary/aromatic N) is 2. The van der Waals surface area contributed by atoms with Gasteiger partial charge in [-0.1, -0.05) is 12.1 Å². The predicted octanol–water partition coefficient (Wildman–Crippen LogP) is -1.83. The molecule has 1 heterocycles. The fourth-order valence-electron chi connectivity index (χ4n) is 0.841. The van der Waals surface area contributed by atoms with Crippen LogP contribution < -0.4 is 10.6 Å². The lowest BCUT2D eigenvalue weighted by Gasteiger charge is -2.16. The van der Waals surface area contributed by atoms with E-state index in [1.165, 1.54) is 6.92 Å². The third-order valence-electron chi connectivity index (χ3n) is 1.58. The van der Waals surface area contributed by atoms with Crippen molar-refractivity contribution in [2.75, 3.05) is 5.73 Å². The van der Waals surface area contributed by atoms with Gasteiger partial charge >= 0.3 is 5.82 Å². The summed E-state index contributed by atoms with van der Waals surface area (Å²) in [5, 5.41) is 34.6. The lowest BCUT2D eigenvalue weighted by Crippen LogP contribution is -2.42. The highest BCUT2D eigenvalue weighted by Gasteiger charge is 2.36. The van der Waals surface area contributed by atoms with Crippen molar-refractivity contribution in [1.29, 1.82) is 0 Å². The van der Waals surface area contributed by atoms with Crippen molar-refractivity contribution >= 4 is 5.82 Å². The second-order valence-corrected chi connectivity index (χ2v) is 2.41. The number of hydrogen-bond acceptors (Lipinski definition) is 5. The molecule has 1 aromatic rings. The van der Waals surface area contributed by atoms with Gasteiger partial charge in [-0.05, 0) is 0 Å². The molecule has 1 aromatic heterocycles. The highest BCUT2D eigenvalue weighted by atomic mass is 16.5. The number of nitrogens with two attached hydrogens (primary N) is 1. The molecule has 0 radical (unpaired) electrons. The van der Waals surface area contributed by atoms with Gasteiger partial charge in [0.25, 0.3) is 5.69 Å². The highest BCUT2D eigenvalue weighted by Crippen LogP contribution is 2.21. The lowest BCUT2D eigenvalue weighted by molar-refractivity contribution is -0.687. The largest absolute Gasteiger partial charge is 0.692 e. The van der Waals surface area contributed by atoms with Crippen LogP contribution in [0.1, 0.15) is 19.0 Å². The molecule has 12 heavy (non-hydrogen) atoms. The van der Waals surface area contributed by atoms with Gasteiger partial charge < -0.3 is 21.2 Å². The van der Waals surface area contributed by atoms with Crippen LogP contribution in [0, 0.1) is 5.21 Å². The van der Waals surface area contributed by atoms with E-state index in [2.05, 4.69) is 5.10 Å². The van der Waals surface area contributed by atoms with Crippen LogP contribution in [-0.2, 0) is 5.79 Å². The fourth-order valence-corrected chi connectivity index (χ4v) is 0.841. The van der Waals surface area contributed by atoms with E-state index in [-0.39, 0.29) is 22.8 Å². The summed E-state index contributed by atoms with van der Waals surface area (Å²) < 4.78 is 0. The number of aromatic nitrogens is 3. The zero-order chi connectivity index (χ0) is 9.35. The molecule has 0 bridgehead atoms. The summed E-state index contributed by atoms with van der Waals surface area (Å²) in [5.74, 6) is -2.43. The monoisotopic (exact) mass is 174 g/mol. The van der Waals surface area contributed by atoms with Gasteiger partial charge in [-0.3, -0.25) is 0 Å². The molecule has 0 aromatic carbocycles. The molecule has 0 aliphatic carbocycles. The van der Waals surface area contributed by atoms with Crippen molar-refractivity contribution in [3.05, 3.63) is 10.9 Å². The summed E-state index contributed by atoms with van der Waals surface area (Å²) in [7, 11) is 0. The minimum atomic E-state index is -2.22. The quantitative estimate of drug-likeness (QED) is 0.239. The molecule has 0 saturated carbocycles. The number of nitrogens with one attached hydrogen (secondary N) is 1. The van der Waals surface area contributed by atoms with Gasteiger partial charge in [0.2, 0.25) is 5.79 Å². The lowest BCUT2D eigenvalue weighted by atomic mass is 10.1. The Morgan fingerprint density at radius 3 is 2.67 bits per heavy atom. The van der Waals surface area contributed by atoms with Gasteiger partial charge in [0.1, 0.15) is 0 Å². The molecular formula is C5H10N4O3. The molecule has 7 nitrogen and oxygen atoms in total. The molecule has 0 spiro atoms. The van der Waals surface area contributed by atoms with Gasteiger partial charge in [-0.2, -0.15) is 0 Å². The van der Waals surface area contributed by atoms with E-state index in [1.54, 1.807) is 0 Å². The minimum Gasteiger partial charge on any atom is -0.692 e. The van der Waals surface area contributed by atoms with Crippen molar-refractivity contribution in [1.82, 2.24) is 10.3 Å². The Labute approximate surface area is 68.0 Å². The minimum absolute atomic E-state index is 0.0427. The van der Waals surface area contributed by atoms with E-state index < -0.39 is 5.79 Å². The van der Waals surface area contributed by atoms with Crippen molar-refractivity contribution in [2.45, 2.75) is 19.1 Å². The Kier molecular flexibility index (Phi) is 1.90. The molecule has 0 fully saturated rings. The van der Waals surface area contributed by atoms with Crippen molar-refractivity contribution in [3.63, 3.8) is 0 Å². The Morgan fingerprint density at radius 1 is 1.75 bits per heavy atom. The molecular weight excluding hydrogens is 164 g/mol. The number of aliphatic hydroxyl groups is 2. The molecule has 1 rings (SSSR count). The molecule has 7 heteroatoms. The zero-order valence-electron chi connectivity index (χ0n) is 6.48. The van der Waals surface area contributed by atoms with E-state index >= 15 is 0 Å². The average Bonchev–Trinajstić information content (AvgIpc) is 2.31. The van der Waals surface area contributed by atoms with Crippen molar-refractivity contribution in [3.8, 4) is 0 Å². The molecule has 0 amide bonds. The zero-order valence-corrected chi connectivity index (χ0v) is 6.48. The maximum Gasteiger partial charge on any atom is 0.314 e. The maximum absolute atomic E-state index is 10.8. The Bertz CT molecular complexity index is 263. The number of H-pyrrole nitrogens is 1. The Morgan fingerprint density at radius 2 is 2.33 bits per heavy atom. The predicted molar refractivity (Wildman–Crippen MR) is 38.4 cm³/mol. The first-order chi connectivity index (χ1) is 5.49. The summed E-state index contributed by atoms with van der Waals surface area (Å²) in [5.41, 5.74) is 4.85. The third-order valence-corrected chi connectivity index (χ3v) is 1.58. The molecule has 0 aliphatic heterocycles. The van der Waals surface area contributed by atoms with Gasteiger partial charge in [0, 0.05) is 6.42 Å². The van der Waals surface area contributed by atoms with Gasteiger partial charge in [-0.15, -0.1) is 4.85 Å². The van der Waals surface area contributed by atoms with Gasteiger partial charge in [0.15, 0.2) is 0 Å². The van der Waals surface area contributed by atoms with Crippen molar-refractivity contribution < 1.29 is 15.1 Å². The van der Waals surface area contributed by atoms with E-state index in [1.807, 2.05) is 5.21 Å². The van der Waals surface area contributed by atoms with E-state index in [0.717, 1.165) is 0 Å². The van der Waals surface area contributed by atoms with E-state index in [4.69, 9.17) is 5.73 Å². The average molecular weight is 174 g/mol. The summed E-state index contributed by atoms with van der Waals surface area (Å²) in [6.45, 7) is 1.51. The van der Waals surface area contributed by atoms with E-state index in [0.29, 0.717) is 0 Å². The first kappa shape index (κ1) is 8.75. The first-order valence-corrected chi connectivity index (χ1v) is 3.37. The van der Waals surface area contributed by atoms with E-state index in [9.17, 15) is 15.4 Å². The number of hydrogen-bond donors (Lipinski definition) is 4. The van der Waals surface area contributed by atoms with Crippen molar-refractivity contribution in [2.24, 2.45) is 0 Å². The summed E-state index contributed by atoms with van der Waals surface area (Å²) >= 11 is 0. The third kappa shape index (κ3) is 1.19. The summed E-state index contributed by atoms with van der Waals surface area (Å²) in [4.78, 5) is 0.124. The van der Waals surface area contributed by atoms with Crippen LogP contribution in [0.3, 0.4) is 0 Å². The molecule has 5 N–H and O–H groups in total. The topological polar surface area (TPSA) is 122 Å². The number of rotatable bonds is 2. The van der Waals surface area contributed by atoms with Gasteiger partial charge in [-0.25, -0.2) is 0 Å². The van der Waals surface area contributed by atoms with Crippen LogP contribution in [0.25, 0.3) is 0 Å².